The van der Waals surface area contributed by atoms with Gasteiger partial charge in [0.2, 0.25) is 11.8 Å². The minimum atomic E-state index is -0.0813. The number of carbonyl (C=O) groups excluding carboxylic acids is 1. The quantitative estimate of drug-likeness (QED) is 0.685. The minimum Gasteiger partial charge on any atom is -0.472 e. The van der Waals surface area contributed by atoms with Crippen LogP contribution in [-0.4, -0.2) is 44.5 Å². The molecule has 7 nitrogen and oxygen atoms in total. The molecule has 0 aromatic carbocycles. The molecule has 0 spiro atoms. The molecule has 8 heteroatoms. The van der Waals surface area contributed by atoms with E-state index in [0.717, 1.165) is 27.3 Å². The number of fused-ring (bicyclic) bond motifs is 1. The maximum Gasteiger partial charge on any atom is 0.246 e. The van der Waals surface area contributed by atoms with Crippen molar-refractivity contribution in [3.8, 4) is 5.88 Å². The number of nitrogens with one attached hydrogen (secondary N) is 1. The van der Waals surface area contributed by atoms with Crippen molar-refractivity contribution in [3.05, 3.63) is 42.1 Å². The van der Waals surface area contributed by atoms with Crippen molar-refractivity contribution in [2.45, 2.75) is 19.4 Å². The molecule has 1 amide bonds. The van der Waals surface area contributed by atoms with Gasteiger partial charge in [-0.15, -0.1) is 11.3 Å². The fourth-order valence-corrected chi connectivity index (χ4v) is 3.89. The molecule has 0 unspecified atom stereocenters. The van der Waals surface area contributed by atoms with E-state index in [2.05, 4.69) is 21.9 Å². The summed E-state index contributed by atoms with van der Waals surface area (Å²) >= 11 is 1.58. The highest BCUT2D eigenvalue weighted by atomic mass is 32.1. The molecule has 27 heavy (non-hydrogen) atoms. The van der Waals surface area contributed by atoms with Crippen molar-refractivity contribution in [3.63, 3.8) is 0 Å². The predicted octanol–water partition coefficient (Wildman–Crippen LogP) is 3.25. The molecule has 4 rings (SSSR count). The number of hydrogen-bond acceptors (Lipinski definition) is 6. The fourth-order valence-electron chi connectivity index (χ4n) is 3.22. The van der Waals surface area contributed by atoms with Gasteiger partial charge in [0.05, 0.1) is 17.4 Å². The summed E-state index contributed by atoms with van der Waals surface area (Å²) in [5.74, 6) is 1.20. The molecule has 3 aromatic rings. The highest BCUT2D eigenvalue weighted by Gasteiger charge is 2.27. The minimum absolute atomic E-state index is 0.0616. The number of aryl methyl sites for hydroxylation is 2. The molecule has 1 fully saturated rings. The second kappa shape index (κ2) is 7.03. The second-order valence-electron chi connectivity index (χ2n) is 6.59. The molecule has 1 aliphatic heterocycles. The number of ether oxygens (including phenoxy) is 1. The molecule has 1 aliphatic rings. The van der Waals surface area contributed by atoms with Crippen LogP contribution >= 0.6 is 11.3 Å². The summed E-state index contributed by atoms with van der Waals surface area (Å²) in [6, 6.07) is 3.98. The molecule has 0 radical (unpaired) electrons. The molecular formula is C19H21N5O2S. The topological polar surface area (TPSA) is 72.3 Å². The van der Waals surface area contributed by atoms with E-state index < -0.39 is 0 Å². The summed E-state index contributed by atoms with van der Waals surface area (Å²) in [5.41, 5.74) is 1.02. The molecule has 3 aromatic heterocycles. The highest BCUT2D eigenvalue weighted by Crippen LogP contribution is 2.31. The molecule has 0 saturated carbocycles. The van der Waals surface area contributed by atoms with Gasteiger partial charge in [0.1, 0.15) is 11.9 Å². The summed E-state index contributed by atoms with van der Waals surface area (Å²) in [7, 11) is 1.99. The van der Waals surface area contributed by atoms with Crippen LogP contribution in [0.25, 0.3) is 10.9 Å². The van der Waals surface area contributed by atoms with Crippen LogP contribution in [0, 0.1) is 6.92 Å². The van der Waals surface area contributed by atoms with Crippen molar-refractivity contribution < 1.29 is 9.53 Å². The van der Waals surface area contributed by atoms with Gasteiger partial charge in [0, 0.05) is 43.4 Å². The van der Waals surface area contributed by atoms with Crippen LogP contribution in [0.15, 0.2) is 37.2 Å². The van der Waals surface area contributed by atoms with Gasteiger partial charge >= 0.3 is 0 Å². The fraction of sp³-hybridized carbons (Fsp3) is 0.316. The normalized spacial score (nSPS) is 16.7. The Labute approximate surface area is 161 Å². The number of thiazole rings is 1. The van der Waals surface area contributed by atoms with Gasteiger partial charge in [-0.1, -0.05) is 6.58 Å². The SMILES string of the molecule is C=CC(=O)N1CC[C@H](Oc2nc(Nc3ncc(C)s3)cc3c2ccn3C)C1. The zero-order valence-electron chi connectivity index (χ0n) is 15.3. The van der Waals surface area contributed by atoms with E-state index >= 15 is 0 Å². The molecule has 140 valence electrons. The number of amides is 1. The van der Waals surface area contributed by atoms with Crippen LogP contribution in [0.1, 0.15) is 11.3 Å². The average Bonchev–Trinajstić information content (AvgIpc) is 3.36. The largest absolute Gasteiger partial charge is 0.472 e. The maximum absolute atomic E-state index is 11.8. The lowest BCUT2D eigenvalue weighted by atomic mass is 10.3. The zero-order chi connectivity index (χ0) is 19.0. The van der Waals surface area contributed by atoms with Crippen molar-refractivity contribution in [2.24, 2.45) is 7.05 Å². The van der Waals surface area contributed by atoms with Gasteiger partial charge in [-0.3, -0.25) is 4.79 Å². The van der Waals surface area contributed by atoms with E-state index in [0.29, 0.717) is 24.8 Å². The third kappa shape index (κ3) is 3.52. The molecular weight excluding hydrogens is 362 g/mol. The summed E-state index contributed by atoms with van der Waals surface area (Å²) in [6.45, 7) is 6.78. The average molecular weight is 383 g/mol. The first-order chi connectivity index (χ1) is 13.0. The lowest BCUT2D eigenvalue weighted by Gasteiger charge is -2.16. The third-order valence-corrected chi connectivity index (χ3v) is 5.44. The van der Waals surface area contributed by atoms with Crippen LogP contribution < -0.4 is 10.1 Å². The first-order valence-corrected chi connectivity index (χ1v) is 9.58. The second-order valence-corrected chi connectivity index (χ2v) is 7.82. The van der Waals surface area contributed by atoms with Crippen LogP contribution in [0.4, 0.5) is 10.9 Å². The number of nitrogens with zero attached hydrogens (tertiary/aromatic N) is 4. The van der Waals surface area contributed by atoms with Crippen LogP contribution in [0.2, 0.25) is 0 Å². The predicted molar refractivity (Wildman–Crippen MR) is 107 cm³/mol. The van der Waals surface area contributed by atoms with Gasteiger partial charge in [-0.25, -0.2) is 4.98 Å². The van der Waals surface area contributed by atoms with Crippen LogP contribution in [0.5, 0.6) is 5.88 Å². The Morgan fingerprint density at radius 3 is 3.11 bits per heavy atom. The van der Waals surface area contributed by atoms with Gasteiger partial charge in [0.15, 0.2) is 5.13 Å². The molecule has 0 bridgehead atoms. The first-order valence-electron chi connectivity index (χ1n) is 8.77. The monoisotopic (exact) mass is 383 g/mol. The van der Waals surface area contributed by atoms with Gasteiger partial charge in [-0.2, -0.15) is 4.98 Å². The number of rotatable bonds is 5. The number of likely N-dealkylation sites (tertiary alicyclic amines) is 1. The van der Waals surface area contributed by atoms with E-state index in [-0.39, 0.29) is 12.0 Å². The smallest absolute Gasteiger partial charge is 0.246 e. The Morgan fingerprint density at radius 2 is 2.37 bits per heavy atom. The Morgan fingerprint density at radius 1 is 1.52 bits per heavy atom. The summed E-state index contributed by atoms with van der Waals surface area (Å²) in [4.78, 5) is 23.7. The van der Waals surface area contributed by atoms with E-state index in [9.17, 15) is 4.79 Å². The molecule has 1 saturated heterocycles. The number of carbonyl (C=O) groups is 1. The lowest BCUT2D eigenvalue weighted by molar-refractivity contribution is -0.125. The Bertz CT molecular complexity index is 1010. The molecule has 0 aliphatic carbocycles. The molecule has 1 atom stereocenters. The van der Waals surface area contributed by atoms with Crippen molar-refractivity contribution in [2.75, 3.05) is 18.4 Å². The summed E-state index contributed by atoms with van der Waals surface area (Å²) in [6.07, 6.45) is 5.85. The number of anilines is 2. The van der Waals surface area contributed by atoms with Gasteiger partial charge in [0.25, 0.3) is 0 Å². The lowest BCUT2D eigenvalue weighted by Crippen LogP contribution is -2.29. The number of pyridine rings is 1. The Balaban J connectivity index is 1.61. The standard InChI is InChI=1S/C19H21N5O2S/c1-4-17(25)24-8-5-13(11-24)26-18-14-6-7-23(3)15(14)9-16(21-18)22-19-20-10-12(2)27-19/h4,6-7,9-10,13H,1,5,8,11H2,2-3H3,(H,20,21,22)/t13-/m0/s1. The first kappa shape index (κ1) is 17.5. The van der Waals surface area contributed by atoms with Crippen LogP contribution in [-0.2, 0) is 11.8 Å². The molecule has 4 heterocycles. The van der Waals surface area contributed by atoms with Gasteiger partial charge < -0.3 is 19.5 Å². The van der Waals surface area contributed by atoms with Crippen molar-refractivity contribution in [1.29, 1.82) is 0 Å². The summed E-state index contributed by atoms with van der Waals surface area (Å²) < 4.78 is 8.23. The summed E-state index contributed by atoms with van der Waals surface area (Å²) in [5, 5.41) is 5.01. The van der Waals surface area contributed by atoms with E-state index in [1.54, 1.807) is 16.2 Å². The van der Waals surface area contributed by atoms with E-state index in [4.69, 9.17) is 4.74 Å². The van der Waals surface area contributed by atoms with E-state index in [1.165, 1.54) is 6.08 Å². The van der Waals surface area contributed by atoms with Crippen LogP contribution in [0.3, 0.4) is 0 Å². The Kier molecular flexibility index (Phi) is 4.57. The zero-order valence-corrected chi connectivity index (χ0v) is 16.1. The van der Waals surface area contributed by atoms with E-state index in [1.807, 2.05) is 43.1 Å². The van der Waals surface area contributed by atoms with Crippen molar-refractivity contribution >= 4 is 39.1 Å². The number of aromatic nitrogens is 3. The van der Waals surface area contributed by atoms with Crippen molar-refractivity contribution in [1.82, 2.24) is 19.4 Å². The third-order valence-electron chi connectivity index (χ3n) is 4.61. The molecule has 1 N–H and O–H groups in total. The maximum atomic E-state index is 11.8. The van der Waals surface area contributed by atoms with Gasteiger partial charge in [-0.05, 0) is 19.1 Å². The Hall–Kier alpha value is -2.87. The number of hydrogen-bond donors (Lipinski definition) is 1. The highest BCUT2D eigenvalue weighted by molar-refractivity contribution is 7.15.